The summed E-state index contributed by atoms with van der Waals surface area (Å²) in [6, 6.07) is 15.6. The van der Waals surface area contributed by atoms with Gasteiger partial charge in [0.2, 0.25) is 0 Å². The van der Waals surface area contributed by atoms with Gasteiger partial charge in [-0.15, -0.1) is 0 Å². The van der Waals surface area contributed by atoms with Crippen LogP contribution in [-0.4, -0.2) is 44.6 Å². The zero-order chi connectivity index (χ0) is 20.3. The Balaban J connectivity index is 1.48. The van der Waals surface area contributed by atoms with Gasteiger partial charge in [-0.1, -0.05) is 36.4 Å². The summed E-state index contributed by atoms with van der Waals surface area (Å²) >= 11 is 0. The van der Waals surface area contributed by atoms with Crippen LogP contribution >= 0.6 is 0 Å². The lowest BCUT2D eigenvalue weighted by molar-refractivity contribution is -0.0167. The fourth-order valence-corrected chi connectivity index (χ4v) is 3.81. The van der Waals surface area contributed by atoms with Gasteiger partial charge in [0.25, 0.3) is 5.91 Å². The van der Waals surface area contributed by atoms with Crippen LogP contribution in [0.1, 0.15) is 28.8 Å². The molecule has 0 saturated carbocycles. The van der Waals surface area contributed by atoms with Crippen molar-refractivity contribution in [3.63, 3.8) is 0 Å². The molecule has 29 heavy (non-hydrogen) atoms. The number of hydrogen-bond donors (Lipinski definition) is 1. The minimum Gasteiger partial charge on any atom is -0.389 e. The van der Waals surface area contributed by atoms with E-state index in [-0.39, 0.29) is 18.1 Å². The van der Waals surface area contributed by atoms with Crippen molar-refractivity contribution >= 4 is 5.91 Å². The average Bonchev–Trinajstić information content (AvgIpc) is 2.76. The molecule has 0 radical (unpaired) electrons. The topological polar surface area (TPSA) is 66.3 Å². The zero-order valence-corrected chi connectivity index (χ0v) is 16.0. The third-order valence-electron chi connectivity index (χ3n) is 5.47. The van der Waals surface area contributed by atoms with Gasteiger partial charge in [-0.2, -0.15) is 0 Å². The first-order valence-corrected chi connectivity index (χ1v) is 9.66. The number of nitrogens with zero attached hydrogens (tertiary/aromatic N) is 3. The van der Waals surface area contributed by atoms with Crippen LogP contribution < -0.4 is 0 Å². The summed E-state index contributed by atoms with van der Waals surface area (Å²) in [6.07, 6.45) is 4.17. The Bertz CT molecular complexity index is 1000. The first kappa shape index (κ1) is 19.2. The SMILES string of the molecule is O=C(c1ccccc1-c1ccncn1)N1CCC(O)(Cc2ccccc2F)CC1. The maximum atomic E-state index is 14.0. The van der Waals surface area contributed by atoms with E-state index in [1.165, 1.54) is 12.4 Å². The summed E-state index contributed by atoms with van der Waals surface area (Å²) in [5, 5.41) is 10.9. The van der Waals surface area contributed by atoms with Gasteiger partial charge in [0, 0.05) is 36.8 Å². The highest BCUT2D eigenvalue weighted by atomic mass is 19.1. The molecule has 2 aromatic carbocycles. The number of amides is 1. The van der Waals surface area contributed by atoms with Gasteiger partial charge in [0.1, 0.15) is 12.1 Å². The molecule has 0 atom stereocenters. The molecule has 0 aliphatic carbocycles. The minimum absolute atomic E-state index is 0.0906. The van der Waals surface area contributed by atoms with Crippen LogP contribution in [0.2, 0.25) is 0 Å². The van der Waals surface area contributed by atoms with E-state index in [4.69, 9.17) is 0 Å². The second kappa shape index (κ2) is 8.09. The average molecular weight is 391 g/mol. The van der Waals surface area contributed by atoms with Crippen LogP contribution in [0.15, 0.2) is 67.1 Å². The van der Waals surface area contributed by atoms with E-state index in [1.807, 2.05) is 18.2 Å². The van der Waals surface area contributed by atoms with Crippen LogP contribution in [0.25, 0.3) is 11.3 Å². The zero-order valence-electron chi connectivity index (χ0n) is 16.0. The maximum Gasteiger partial charge on any atom is 0.254 e. The predicted octanol–water partition coefficient (Wildman–Crippen LogP) is 3.49. The Labute approximate surface area is 168 Å². The summed E-state index contributed by atoms with van der Waals surface area (Å²) in [6.45, 7) is 0.837. The highest BCUT2D eigenvalue weighted by Gasteiger charge is 2.35. The molecule has 1 N–H and O–H groups in total. The summed E-state index contributed by atoms with van der Waals surface area (Å²) in [5.41, 5.74) is 1.52. The number of piperidine rings is 1. The normalized spacial score (nSPS) is 15.9. The Morgan fingerprint density at radius 2 is 1.79 bits per heavy atom. The summed E-state index contributed by atoms with van der Waals surface area (Å²) in [4.78, 5) is 23.1. The first-order valence-electron chi connectivity index (χ1n) is 9.66. The molecule has 6 heteroatoms. The van der Waals surface area contributed by atoms with E-state index in [1.54, 1.807) is 41.4 Å². The van der Waals surface area contributed by atoms with Crippen LogP contribution in [-0.2, 0) is 6.42 Å². The van der Waals surface area contributed by atoms with Gasteiger partial charge in [-0.3, -0.25) is 4.79 Å². The summed E-state index contributed by atoms with van der Waals surface area (Å²) in [7, 11) is 0. The highest BCUT2D eigenvalue weighted by molar-refractivity contribution is 6.00. The summed E-state index contributed by atoms with van der Waals surface area (Å²) < 4.78 is 14.0. The molecule has 0 unspecified atom stereocenters. The van der Waals surface area contributed by atoms with Gasteiger partial charge < -0.3 is 10.0 Å². The molecule has 1 fully saturated rings. The van der Waals surface area contributed by atoms with Crippen LogP contribution in [0.5, 0.6) is 0 Å². The second-order valence-electron chi connectivity index (χ2n) is 7.42. The van der Waals surface area contributed by atoms with Crippen LogP contribution in [0.4, 0.5) is 4.39 Å². The van der Waals surface area contributed by atoms with Crippen LogP contribution in [0, 0.1) is 5.82 Å². The monoisotopic (exact) mass is 391 g/mol. The van der Waals surface area contributed by atoms with Crippen molar-refractivity contribution in [2.45, 2.75) is 24.9 Å². The number of benzene rings is 2. The fourth-order valence-electron chi connectivity index (χ4n) is 3.81. The number of likely N-dealkylation sites (tertiary alicyclic amines) is 1. The number of carbonyl (C=O) groups excluding carboxylic acids is 1. The molecule has 1 aliphatic rings. The predicted molar refractivity (Wildman–Crippen MR) is 108 cm³/mol. The van der Waals surface area contributed by atoms with Crippen molar-refractivity contribution in [2.75, 3.05) is 13.1 Å². The molecular weight excluding hydrogens is 369 g/mol. The Morgan fingerprint density at radius 3 is 2.52 bits per heavy atom. The number of aliphatic hydroxyl groups is 1. The number of rotatable bonds is 4. The lowest BCUT2D eigenvalue weighted by Crippen LogP contribution is -2.48. The minimum atomic E-state index is -1.01. The third-order valence-corrected chi connectivity index (χ3v) is 5.47. The molecule has 3 aromatic rings. The first-order chi connectivity index (χ1) is 14.1. The van der Waals surface area contributed by atoms with Crippen molar-refractivity contribution in [1.29, 1.82) is 0 Å². The van der Waals surface area contributed by atoms with Crippen molar-refractivity contribution in [3.05, 3.63) is 84.1 Å². The van der Waals surface area contributed by atoms with E-state index in [2.05, 4.69) is 9.97 Å². The Morgan fingerprint density at radius 1 is 1.07 bits per heavy atom. The molecule has 5 nitrogen and oxygen atoms in total. The van der Waals surface area contributed by atoms with Gasteiger partial charge in [-0.05, 0) is 36.6 Å². The molecule has 148 valence electrons. The molecule has 1 amide bonds. The Kier molecular flexibility index (Phi) is 5.36. The van der Waals surface area contributed by atoms with E-state index in [0.29, 0.717) is 42.8 Å². The van der Waals surface area contributed by atoms with Crippen LogP contribution in [0.3, 0.4) is 0 Å². The molecule has 1 aliphatic heterocycles. The lowest BCUT2D eigenvalue weighted by atomic mass is 9.85. The fraction of sp³-hybridized carbons (Fsp3) is 0.261. The largest absolute Gasteiger partial charge is 0.389 e. The molecule has 0 bridgehead atoms. The molecule has 1 aromatic heterocycles. The van der Waals surface area contributed by atoms with Gasteiger partial charge in [0.15, 0.2) is 0 Å². The van der Waals surface area contributed by atoms with Crippen molar-refractivity contribution in [2.24, 2.45) is 0 Å². The van der Waals surface area contributed by atoms with Gasteiger partial charge >= 0.3 is 0 Å². The number of hydrogen-bond acceptors (Lipinski definition) is 4. The smallest absolute Gasteiger partial charge is 0.254 e. The molecule has 0 spiro atoms. The van der Waals surface area contributed by atoms with Crippen molar-refractivity contribution in [1.82, 2.24) is 14.9 Å². The molecule has 2 heterocycles. The van der Waals surface area contributed by atoms with Crippen molar-refractivity contribution in [3.8, 4) is 11.3 Å². The van der Waals surface area contributed by atoms with E-state index < -0.39 is 5.60 Å². The van der Waals surface area contributed by atoms with Gasteiger partial charge in [-0.25, -0.2) is 14.4 Å². The number of aromatic nitrogens is 2. The van der Waals surface area contributed by atoms with E-state index in [9.17, 15) is 14.3 Å². The van der Waals surface area contributed by atoms with Gasteiger partial charge in [0.05, 0.1) is 11.3 Å². The standard InChI is InChI=1S/C23H22FN3O2/c24-20-8-4-1-5-17(20)15-23(29)10-13-27(14-11-23)22(28)19-7-3-2-6-18(19)21-9-12-25-16-26-21/h1-9,12,16,29H,10-11,13-15H2. The maximum absolute atomic E-state index is 14.0. The van der Waals surface area contributed by atoms with E-state index in [0.717, 1.165) is 5.56 Å². The Hall–Kier alpha value is -3.12. The van der Waals surface area contributed by atoms with E-state index >= 15 is 0 Å². The summed E-state index contributed by atoms with van der Waals surface area (Å²) in [5.74, 6) is -0.398. The molecule has 4 rings (SSSR count). The quantitative estimate of drug-likeness (QED) is 0.739. The number of halogens is 1. The molecular formula is C23H22FN3O2. The second-order valence-corrected chi connectivity index (χ2v) is 7.42. The molecule has 1 saturated heterocycles. The lowest BCUT2D eigenvalue weighted by Gasteiger charge is -2.38. The van der Waals surface area contributed by atoms with Crippen molar-refractivity contribution < 1.29 is 14.3 Å². The highest BCUT2D eigenvalue weighted by Crippen LogP contribution is 2.29. The number of carbonyl (C=O) groups is 1. The third kappa shape index (κ3) is 4.17.